The number of aromatic amines is 1. The Morgan fingerprint density at radius 2 is 1.88 bits per heavy atom. The van der Waals surface area contributed by atoms with Crippen LogP contribution in [0.4, 0.5) is 11.5 Å². The van der Waals surface area contributed by atoms with E-state index in [0.717, 1.165) is 5.56 Å². The molecule has 33 heavy (non-hydrogen) atoms. The summed E-state index contributed by atoms with van der Waals surface area (Å²) >= 11 is 0. The van der Waals surface area contributed by atoms with Gasteiger partial charge in [0.05, 0.1) is 23.1 Å². The van der Waals surface area contributed by atoms with E-state index in [1.807, 2.05) is 30.1 Å². The number of carbonyl (C=O) groups is 2. The number of fused-ring (bicyclic) bond motifs is 2. The van der Waals surface area contributed by atoms with Gasteiger partial charge in [-0.1, -0.05) is 30.3 Å². The van der Waals surface area contributed by atoms with E-state index in [9.17, 15) is 14.4 Å². The third-order valence-corrected chi connectivity index (χ3v) is 5.61. The lowest BCUT2D eigenvalue weighted by Gasteiger charge is -2.35. The first-order valence-electron chi connectivity index (χ1n) is 10.4. The number of aromatic nitrogens is 3. The zero-order valence-corrected chi connectivity index (χ0v) is 17.7. The Kier molecular flexibility index (Phi) is 5.06. The van der Waals surface area contributed by atoms with Crippen LogP contribution in [0.15, 0.2) is 71.7 Å². The fourth-order valence-electron chi connectivity index (χ4n) is 4.03. The summed E-state index contributed by atoms with van der Waals surface area (Å²) in [5, 5.41) is 13.5. The first kappa shape index (κ1) is 20.4. The van der Waals surface area contributed by atoms with Gasteiger partial charge in [0.25, 0.3) is 11.5 Å². The number of rotatable bonds is 4. The van der Waals surface area contributed by atoms with Crippen molar-refractivity contribution in [1.82, 2.24) is 20.5 Å². The van der Waals surface area contributed by atoms with Gasteiger partial charge in [-0.15, -0.1) is 0 Å². The number of hydrogen-bond donors (Lipinski definition) is 3. The van der Waals surface area contributed by atoms with Crippen molar-refractivity contribution in [3.8, 4) is 0 Å². The third-order valence-electron chi connectivity index (χ3n) is 5.61. The summed E-state index contributed by atoms with van der Waals surface area (Å²) in [6.45, 7) is 0. The predicted octanol–water partition coefficient (Wildman–Crippen LogP) is 2.38. The smallest absolute Gasteiger partial charge is 0.272 e. The molecule has 1 atom stereocenters. The lowest BCUT2D eigenvalue weighted by molar-refractivity contribution is -0.115. The molecule has 0 fully saturated rings. The van der Waals surface area contributed by atoms with Gasteiger partial charge in [-0.25, -0.2) is 10.1 Å². The molecule has 164 valence electrons. The van der Waals surface area contributed by atoms with E-state index in [2.05, 4.69) is 25.8 Å². The van der Waals surface area contributed by atoms with Crippen molar-refractivity contribution in [3.05, 3.63) is 94.0 Å². The molecule has 4 aromatic rings. The molecular formula is C24H20N6O3. The van der Waals surface area contributed by atoms with Gasteiger partial charge >= 0.3 is 0 Å². The molecule has 5 rings (SSSR count). The summed E-state index contributed by atoms with van der Waals surface area (Å²) in [4.78, 5) is 43.5. The van der Waals surface area contributed by atoms with Crippen LogP contribution in [0.25, 0.3) is 10.8 Å². The van der Waals surface area contributed by atoms with Crippen molar-refractivity contribution in [1.29, 1.82) is 0 Å². The Bertz CT molecular complexity index is 1450. The monoisotopic (exact) mass is 440 g/mol. The number of nitrogens with one attached hydrogen (secondary N) is 3. The highest BCUT2D eigenvalue weighted by Gasteiger charge is 2.30. The number of nitrogens with zero attached hydrogens (tertiary/aromatic N) is 3. The van der Waals surface area contributed by atoms with Gasteiger partial charge in [0, 0.05) is 24.3 Å². The molecular weight excluding hydrogens is 420 g/mol. The molecule has 9 nitrogen and oxygen atoms in total. The molecule has 0 aliphatic carbocycles. The summed E-state index contributed by atoms with van der Waals surface area (Å²) in [5.41, 5.74) is 2.09. The molecule has 9 heteroatoms. The third kappa shape index (κ3) is 3.80. The van der Waals surface area contributed by atoms with E-state index in [0.29, 0.717) is 33.5 Å². The van der Waals surface area contributed by atoms with E-state index < -0.39 is 6.17 Å². The maximum atomic E-state index is 12.7. The van der Waals surface area contributed by atoms with Crippen LogP contribution in [0.5, 0.6) is 0 Å². The number of anilines is 2. The Labute approximate surface area is 188 Å². The first-order valence-corrected chi connectivity index (χ1v) is 10.4. The number of hydrogen-bond acceptors (Lipinski definition) is 6. The van der Waals surface area contributed by atoms with Gasteiger partial charge in [0.1, 0.15) is 12.0 Å². The van der Waals surface area contributed by atoms with Gasteiger partial charge in [-0.2, -0.15) is 5.10 Å². The van der Waals surface area contributed by atoms with Crippen molar-refractivity contribution in [2.45, 2.75) is 12.6 Å². The SMILES string of the molecule is CN1c2ncccc2C(=O)N[C@H]1c1cccc(NC(=O)Cc2n[nH]c(=O)c3ccccc23)c1. The van der Waals surface area contributed by atoms with Crippen LogP contribution in [0.2, 0.25) is 0 Å². The van der Waals surface area contributed by atoms with Crippen LogP contribution in [0, 0.1) is 0 Å². The normalized spacial score (nSPS) is 15.1. The summed E-state index contributed by atoms with van der Waals surface area (Å²) in [7, 11) is 1.86. The number of carbonyl (C=O) groups excluding carboxylic acids is 2. The van der Waals surface area contributed by atoms with Crippen molar-refractivity contribution in [3.63, 3.8) is 0 Å². The molecule has 0 unspecified atom stereocenters. The summed E-state index contributed by atoms with van der Waals surface area (Å²) in [6.07, 6.45) is 1.22. The summed E-state index contributed by atoms with van der Waals surface area (Å²) in [5.74, 6) is 0.119. The largest absolute Gasteiger partial charge is 0.335 e. The van der Waals surface area contributed by atoms with Gasteiger partial charge in [0.2, 0.25) is 5.91 Å². The lowest BCUT2D eigenvalue weighted by Crippen LogP contribution is -2.45. The van der Waals surface area contributed by atoms with E-state index in [1.165, 1.54) is 0 Å². The van der Waals surface area contributed by atoms with E-state index in [1.54, 1.807) is 48.7 Å². The molecule has 0 saturated carbocycles. The van der Waals surface area contributed by atoms with E-state index in [-0.39, 0.29) is 23.8 Å². The summed E-state index contributed by atoms with van der Waals surface area (Å²) in [6, 6.07) is 17.8. The minimum Gasteiger partial charge on any atom is -0.335 e. The second kappa shape index (κ2) is 8.19. The molecule has 2 aromatic heterocycles. The van der Waals surface area contributed by atoms with Crippen LogP contribution >= 0.6 is 0 Å². The Hall–Kier alpha value is -4.53. The Morgan fingerprint density at radius 1 is 1.06 bits per heavy atom. The molecule has 0 radical (unpaired) electrons. The van der Waals surface area contributed by atoms with Gasteiger partial charge in [-0.05, 0) is 35.9 Å². The predicted molar refractivity (Wildman–Crippen MR) is 124 cm³/mol. The maximum absolute atomic E-state index is 12.7. The highest BCUT2D eigenvalue weighted by atomic mass is 16.2. The molecule has 1 aliphatic heterocycles. The number of benzene rings is 2. The minimum absolute atomic E-state index is 0.00111. The highest BCUT2D eigenvalue weighted by molar-refractivity contribution is 6.01. The molecule has 3 N–H and O–H groups in total. The average Bonchev–Trinajstić information content (AvgIpc) is 2.83. The quantitative estimate of drug-likeness (QED) is 0.448. The minimum atomic E-state index is -0.429. The second-order valence-corrected chi connectivity index (χ2v) is 7.76. The van der Waals surface area contributed by atoms with Crippen molar-refractivity contribution in [2.75, 3.05) is 17.3 Å². The van der Waals surface area contributed by atoms with Gasteiger partial charge in [-0.3, -0.25) is 14.4 Å². The maximum Gasteiger partial charge on any atom is 0.272 e. The molecule has 2 amide bonds. The van der Waals surface area contributed by atoms with Crippen molar-refractivity contribution >= 4 is 34.1 Å². The standard InChI is InChI=1S/C24H20N6O3/c1-30-21(27-23(32)18-10-5-11-25-22(18)30)14-6-4-7-15(12-14)26-20(31)13-19-16-8-2-3-9-17(16)24(33)29-28-19/h2-12,21H,13H2,1H3,(H,26,31)(H,27,32)(H,29,33)/t21-/m1/s1. The molecule has 0 saturated heterocycles. The Morgan fingerprint density at radius 3 is 2.73 bits per heavy atom. The Balaban J connectivity index is 1.37. The van der Waals surface area contributed by atoms with Crippen LogP contribution in [0.3, 0.4) is 0 Å². The first-order chi connectivity index (χ1) is 16.0. The van der Waals surface area contributed by atoms with Crippen LogP contribution in [-0.2, 0) is 11.2 Å². The summed E-state index contributed by atoms with van der Waals surface area (Å²) < 4.78 is 0. The zero-order chi connectivity index (χ0) is 22.9. The molecule has 0 spiro atoms. The van der Waals surface area contributed by atoms with Gasteiger partial charge in [0.15, 0.2) is 0 Å². The van der Waals surface area contributed by atoms with E-state index >= 15 is 0 Å². The van der Waals surface area contributed by atoms with Gasteiger partial charge < -0.3 is 15.5 Å². The van der Waals surface area contributed by atoms with Crippen molar-refractivity contribution < 1.29 is 9.59 Å². The lowest BCUT2D eigenvalue weighted by atomic mass is 10.1. The molecule has 0 bridgehead atoms. The van der Waals surface area contributed by atoms with Crippen LogP contribution in [0.1, 0.15) is 27.8 Å². The highest BCUT2D eigenvalue weighted by Crippen LogP contribution is 2.30. The number of pyridine rings is 1. The second-order valence-electron chi connectivity index (χ2n) is 7.76. The number of H-pyrrole nitrogens is 1. The topological polar surface area (TPSA) is 120 Å². The fourth-order valence-corrected chi connectivity index (χ4v) is 4.03. The molecule has 2 aromatic carbocycles. The van der Waals surface area contributed by atoms with Crippen LogP contribution in [-0.4, -0.2) is 34.0 Å². The fraction of sp³-hybridized carbons (Fsp3) is 0.125. The van der Waals surface area contributed by atoms with E-state index in [4.69, 9.17) is 0 Å². The molecule has 1 aliphatic rings. The zero-order valence-electron chi connectivity index (χ0n) is 17.7. The van der Waals surface area contributed by atoms with Crippen LogP contribution < -0.4 is 21.1 Å². The average molecular weight is 440 g/mol. The van der Waals surface area contributed by atoms with Crippen molar-refractivity contribution in [2.24, 2.45) is 0 Å². The molecule has 3 heterocycles. The number of amides is 2.